The molecule has 2 rings (SSSR count). The fraction of sp³-hybridized carbons (Fsp3) is 0.300. The average Bonchev–Trinajstić information content (AvgIpc) is 2.89. The summed E-state index contributed by atoms with van der Waals surface area (Å²) in [5, 5.41) is 2.34. The Morgan fingerprint density at radius 3 is 2.89 bits per heavy atom. The van der Waals surface area contributed by atoms with Gasteiger partial charge in [0, 0.05) is 13.1 Å². The van der Waals surface area contributed by atoms with Crippen LogP contribution in [0, 0.1) is 0 Å². The van der Waals surface area contributed by atoms with Gasteiger partial charge in [-0.05, 0) is 22.0 Å². The largest absolute Gasteiger partial charge is 0.457 e. The normalized spacial score (nSPS) is 15.3. The molecule has 0 unspecified atom stereocenters. The van der Waals surface area contributed by atoms with Gasteiger partial charge in [-0.2, -0.15) is 0 Å². The molecule has 1 N–H and O–H groups in total. The molecular weight excluding hydrogens is 324 g/mol. The highest BCUT2D eigenvalue weighted by atomic mass is 79.9. The first-order chi connectivity index (χ1) is 8.59. The number of amides is 3. The zero-order valence-corrected chi connectivity index (χ0v) is 11.5. The van der Waals surface area contributed by atoms with Crippen LogP contribution >= 0.6 is 27.7 Å². The highest BCUT2D eigenvalue weighted by Gasteiger charge is 2.29. The van der Waals surface area contributed by atoms with Crippen LogP contribution < -0.4 is 5.32 Å². The minimum absolute atomic E-state index is 0.181. The number of carbonyl (C=O) groups excluding carboxylic acids is 3. The molecule has 0 bridgehead atoms. The van der Waals surface area contributed by atoms with Gasteiger partial charge in [0.05, 0.1) is 17.6 Å². The van der Waals surface area contributed by atoms with Gasteiger partial charge in [-0.3, -0.25) is 19.3 Å². The van der Waals surface area contributed by atoms with Crippen molar-refractivity contribution in [2.45, 2.75) is 0 Å². The van der Waals surface area contributed by atoms with Crippen LogP contribution in [0.4, 0.5) is 4.79 Å². The summed E-state index contributed by atoms with van der Waals surface area (Å²) in [5.74, 6) is -0.355. The number of furan rings is 1. The van der Waals surface area contributed by atoms with Crippen molar-refractivity contribution in [3.63, 3.8) is 0 Å². The summed E-state index contributed by atoms with van der Waals surface area (Å²) < 4.78 is 5.28. The maximum atomic E-state index is 11.7. The SMILES string of the molecule is O=C(NCCN1C(=O)CSC1=O)c1ccoc1Br. The number of nitrogens with one attached hydrogen (secondary N) is 1. The van der Waals surface area contributed by atoms with Gasteiger partial charge in [0.15, 0.2) is 4.67 Å². The number of rotatable bonds is 4. The predicted molar refractivity (Wildman–Crippen MR) is 68.3 cm³/mol. The molecule has 96 valence electrons. The number of hydrogen-bond donors (Lipinski definition) is 1. The molecule has 0 radical (unpaired) electrons. The molecule has 1 aromatic heterocycles. The third-order valence-corrected chi connectivity index (χ3v) is 3.80. The van der Waals surface area contributed by atoms with Crippen molar-refractivity contribution in [3.8, 4) is 0 Å². The molecule has 0 saturated carbocycles. The van der Waals surface area contributed by atoms with Crippen molar-refractivity contribution in [2.75, 3.05) is 18.8 Å². The Morgan fingerprint density at radius 2 is 2.33 bits per heavy atom. The summed E-state index contributed by atoms with van der Waals surface area (Å²) in [7, 11) is 0. The van der Waals surface area contributed by atoms with E-state index < -0.39 is 0 Å². The first-order valence-corrected chi connectivity index (χ1v) is 6.86. The Labute approximate surface area is 115 Å². The Balaban J connectivity index is 1.82. The summed E-state index contributed by atoms with van der Waals surface area (Å²) in [6.45, 7) is 0.403. The lowest BCUT2D eigenvalue weighted by Crippen LogP contribution is -2.37. The lowest BCUT2D eigenvalue weighted by atomic mass is 10.3. The molecule has 0 spiro atoms. The van der Waals surface area contributed by atoms with Crippen LogP contribution in [0.15, 0.2) is 21.4 Å². The fourth-order valence-electron chi connectivity index (χ4n) is 1.43. The van der Waals surface area contributed by atoms with Gasteiger partial charge < -0.3 is 9.73 Å². The number of nitrogens with zero attached hydrogens (tertiary/aromatic N) is 1. The van der Waals surface area contributed by atoms with E-state index in [2.05, 4.69) is 21.2 Å². The molecule has 1 aliphatic heterocycles. The highest BCUT2D eigenvalue weighted by Crippen LogP contribution is 2.18. The molecule has 3 amide bonds. The van der Waals surface area contributed by atoms with E-state index in [4.69, 9.17) is 4.42 Å². The number of thioether (sulfide) groups is 1. The van der Waals surface area contributed by atoms with Gasteiger partial charge in [-0.1, -0.05) is 11.8 Å². The summed E-state index contributed by atoms with van der Waals surface area (Å²) in [6.07, 6.45) is 1.39. The maximum absolute atomic E-state index is 11.7. The summed E-state index contributed by atoms with van der Waals surface area (Å²) >= 11 is 4.07. The number of imide groups is 1. The minimum Gasteiger partial charge on any atom is -0.457 e. The molecule has 1 saturated heterocycles. The van der Waals surface area contributed by atoms with Crippen molar-refractivity contribution in [2.24, 2.45) is 0 Å². The monoisotopic (exact) mass is 332 g/mol. The highest BCUT2D eigenvalue weighted by molar-refractivity contribution is 9.10. The second-order valence-corrected chi connectivity index (χ2v) is 5.11. The van der Waals surface area contributed by atoms with Crippen LogP contribution in [0.25, 0.3) is 0 Å². The first-order valence-electron chi connectivity index (χ1n) is 5.08. The van der Waals surface area contributed by atoms with E-state index in [0.717, 1.165) is 16.7 Å². The molecular formula is C10H9BrN2O4S. The van der Waals surface area contributed by atoms with E-state index in [0.29, 0.717) is 10.2 Å². The van der Waals surface area contributed by atoms with Crippen LogP contribution in [0.3, 0.4) is 0 Å². The predicted octanol–water partition coefficient (Wildman–Crippen LogP) is 1.47. The molecule has 6 nitrogen and oxygen atoms in total. The summed E-state index contributed by atoms with van der Waals surface area (Å²) in [6, 6.07) is 1.53. The van der Waals surface area contributed by atoms with Crippen LogP contribution in [0.5, 0.6) is 0 Å². The van der Waals surface area contributed by atoms with Crippen LogP contribution in [0.2, 0.25) is 0 Å². The van der Waals surface area contributed by atoms with Gasteiger partial charge in [-0.25, -0.2) is 0 Å². The van der Waals surface area contributed by atoms with Crippen molar-refractivity contribution in [1.29, 1.82) is 0 Å². The molecule has 0 aliphatic carbocycles. The van der Waals surface area contributed by atoms with Crippen LogP contribution in [0.1, 0.15) is 10.4 Å². The molecule has 1 aromatic rings. The van der Waals surface area contributed by atoms with Crippen molar-refractivity contribution in [3.05, 3.63) is 22.6 Å². The zero-order chi connectivity index (χ0) is 13.1. The molecule has 0 atom stereocenters. The third-order valence-electron chi connectivity index (χ3n) is 2.32. The Bertz CT molecular complexity index is 486. The van der Waals surface area contributed by atoms with Gasteiger partial charge in [0.2, 0.25) is 5.91 Å². The Morgan fingerprint density at radius 1 is 1.56 bits per heavy atom. The van der Waals surface area contributed by atoms with E-state index in [1.165, 1.54) is 12.3 Å². The summed E-state index contributed by atoms with van der Waals surface area (Å²) in [4.78, 5) is 35.4. The fourth-order valence-corrected chi connectivity index (χ4v) is 2.60. The molecule has 18 heavy (non-hydrogen) atoms. The van der Waals surface area contributed by atoms with E-state index in [1.54, 1.807) is 0 Å². The first kappa shape index (κ1) is 13.2. The lowest BCUT2D eigenvalue weighted by Gasteiger charge is -2.12. The van der Waals surface area contributed by atoms with E-state index in [1.807, 2.05) is 0 Å². The van der Waals surface area contributed by atoms with Gasteiger partial charge >= 0.3 is 0 Å². The lowest BCUT2D eigenvalue weighted by molar-refractivity contribution is -0.124. The Hall–Kier alpha value is -1.28. The number of halogens is 1. The van der Waals surface area contributed by atoms with Crippen molar-refractivity contribution >= 4 is 44.7 Å². The second-order valence-electron chi connectivity index (χ2n) is 3.46. The van der Waals surface area contributed by atoms with Gasteiger partial charge in [0.1, 0.15) is 0 Å². The summed E-state index contributed by atoms with van der Waals surface area (Å²) in [5.41, 5.74) is 0.378. The molecule has 0 aromatic carbocycles. The van der Waals surface area contributed by atoms with Crippen LogP contribution in [-0.4, -0.2) is 40.8 Å². The Kier molecular flexibility index (Phi) is 4.07. The van der Waals surface area contributed by atoms with Crippen molar-refractivity contribution < 1.29 is 18.8 Å². The number of carbonyl (C=O) groups is 3. The molecule has 8 heteroatoms. The quantitative estimate of drug-likeness (QED) is 0.903. The second kappa shape index (κ2) is 5.57. The standard InChI is InChI=1S/C10H9BrN2O4S/c11-8-6(1-4-17-8)9(15)12-2-3-13-7(14)5-18-10(13)16/h1,4H,2-3,5H2,(H,12,15). The molecule has 2 heterocycles. The van der Waals surface area contributed by atoms with E-state index in [9.17, 15) is 14.4 Å². The van der Waals surface area contributed by atoms with Gasteiger partial charge in [-0.15, -0.1) is 0 Å². The minimum atomic E-state index is -0.317. The maximum Gasteiger partial charge on any atom is 0.288 e. The van der Waals surface area contributed by atoms with E-state index in [-0.39, 0.29) is 35.9 Å². The topological polar surface area (TPSA) is 79.6 Å². The molecule has 1 fully saturated rings. The molecule has 1 aliphatic rings. The smallest absolute Gasteiger partial charge is 0.288 e. The number of hydrogen-bond acceptors (Lipinski definition) is 5. The van der Waals surface area contributed by atoms with Crippen LogP contribution in [-0.2, 0) is 4.79 Å². The third kappa shape index (κ3) is 2.75. The van der Waals surface area contributed by atoms with Gasteiger partial charge in [0.25, 0.3) is 11.1 Å². The average molecular weight is 333 g/mol. The van der Waals surface area contributed by atoms with E-state index >= 15 is 0 Å². The zero-order valence-electron chi connectivity index (χ0n) is 9.14. The van der Waals surface area contributed by atoms with Crippen molar-refractivity contribution in [1.82, 2.24) is 10.2 Å².